The van der Waals surface area contributed by atoms with Gasteiger partial charge in [-0.1, -0.05) is 20.8 Å². The first-order valence-corrected chi connectivity index (χ1v) is 12.4. The Balaban J connectivity index is 1.41. The van der Waals surface area contributed by atoms with Crippen LogP contribution in [0.4, 0.5) is 0 Å². The summed E-state index contributed by atoms with van der Waals surface area (Å²) in [6, 6.07) is 0. The van der Waals surface area contributed by atoms with E-state index >= 15 is 0 Å². The van der Waals surface area contributed by atoms with E-state index in [0.717, 1.165) is 38.5 Å². The molecule has 0 aromatic rings. The topological polar surface area (TPSA) is 80.9 Å². The van der Waals surface area contributed by atoms with Gasteiger partial charge in [-0.05, 0) is 103 Å². The Morgan fingerprint density at radius 2 is 1.66 bits per heavy atom. The highest BCUT2D eigenvalue weighted by Crippen LogP contribution is 2.83. The zero-order chi connectivity index (χ0) is 20.6. The summed E-state index contributed by atoms with van der Waals surface area (Å²) in [5.41, 5.74) is -1.45. The molecule has 4 N–H and O–H groups in total. The molecule has 6 aliphatic rings. The highest BCUT2D eigenvalue weighted by Gasteiger charge is 2.82. The maximum absolute atomic E-state index is 12.0. The fraction of sp³-hybridized carbons (Fsp3) is 1.00. The van der Waals surface area contributed by atoms with E-state index in [1.54, 1.807) is 0 Å². The summed E-state index contributed by atoms with van der Waals surface area (Å²) in [6.45, 7) is 7.22. The predicted molar refractivity (Wildman–Crippen MR) is 110 cm³/mol. The average molecular weight is 405 g/mol. The van der Waals surface area contributed by atoms with Gasteiger partial charge in [0.25, 0.3) is 0 Å². The predicted octanol–water partition coefficient (Wildman–Crippen LogP) is 2.97. The van der Waals surface area contributed by atoms with Crippen LogP contribution >= 0.6 is 0 Å². The molecule has 29 heavy (non-hydrogen) atoms. The van der Waals surface area contributed by atoms with E-state index in [0.29, 0.717) is 60.2 Å². The fourth-order valence-corrected chi connectivity index (χ4v) is 10.6. The van der Waals surface area contributed by atoms with Crippen LogP contribution in [0.1, 0.15) is 72.1 Å². The van der Waals surface area contributed by atoms with Crippen LogP contribution in [-0.2, 0) is 0 Å². The van der Waals surface area contributed by atoms with Crippen molar-refractivity contribution < 1.29 is 20.4 Å². The minimum atomic E-state index is -0.710. The van der Waals surface area contributed by atoms with Crippen molar-refractivity contribution in [2.24, 2.45) is 58.2 Å². The number of aliphatic hydroxyl groups is 4. The summed E-state index contributed by atoms with van der Waals surface area (Å²) < 4.78 is 0. The van der Waals surface area contributed by atoms with Gasteiger partial charge in [-0.3, -0.25) is 0 Å². The van der Waals surface area contributed by atoms with Crippen LogP contribution in [0.5, 0.6) is 0 Å². The van der Waals surface area contributed by atoms with Crippen LogP contribution in [0.25, 0.3) is 0 Å². The van der Waals surface area contributed by atoms with Gasteiger partial charge in [-0.2, -0.15) is 0 Å². The molecule has 0 amide bonds. The van der Waals surface area contributed by atoms with Gasteiger partial charge in [0.15, 0.2) is 0 Å². The van der Waals surface area contributed by atoms with Gasteiger partial charge < -0.3 is 20.4 Å². The van der Waals surface area contributed by atoms with E-state index in [9.17, 15) is 20.4 Å². The zero-order valence-electron chi connectivity index (χ0n) is 18.3. The molecule has 13 atom stereocenters. The van der Waals surface area contributed by atoms with E-state index < -0.39 is 11.2 Å². The molecule has 0 bridgehead atoms. The molecule has 6 unspecified atom stereocenters. The maximum Gasteiger partial charge on any atom is 0.0761 e. The molecule has 164 valence electrons. The van der Waals surface area contributed by atoms with E-state index in [1.807, 2.05) is 0 Å². The minimum Gasteiger partial charge on any atom is -0.396 e. The Bertz CT molecular complexity index is 726. The maximum atomic E-state index is 12.0. The molecule has 6 aliphatic carbocycles. The van der Waals surface area contributed by atoms with E-state index in [2.05, 4.69) is 20.8 Å². The molecule has 4 heteroatoms. The van der Waals surface area contributed by atoms with Crippen LogP contribution in [0.2, 0.25) is 0 Å². The number of hydrogen-bond donors (Lipinski definition) is 4. The molecule has 0 spiro atoms. The normalized spacial score (nSPS) is 66.9. The number of rotatable bonds is 3. The van der Waals surface area contributed by atoms with Crippen molar-refractivity contribution >= 4 is 0 Å². The largest absolute Gasteiger partial charge is 0.396 e. The average Bonchev–Trinajstić information content (AvgIpc) is 3.56. The SMILES string of the molecule is CC1C2C3C4[C@@H]5C[C@@H]5[C@@](O)(CCCO)[C@@]4(C)CCC3[C@@]3(C)CC[C@H](O)C[C@@]3(O)C12. The van der Waals surface area contributed by atoms with Crippen molar-refractivity contribution in [1.82, 2.24) is 0 Å². The molecule has 0 aliphatic heterocycles. The van der Waals surface area contributed by atoms with Gasteiger partial charge >= 0.3 is 0 Å². The van der Waals surface area contributed by atoms with E-state index in [-0.39, 0.29) is 23.5 Å². The van der Waals surface area contributed by atoms with Crippen LogP contribution < -0.4 is 0 Å². The Kier molecular flexibility index (Phi) is 3.77. The summed E-state index contributed by atoms with van der Waals surface area (Å²) in [4.78, 5) is 0. The molecule has 6 saturated carbocycles. The number of aliphatic hydroxyl groups excluding tert-OH is 2. The Hall–Kier alpha value is -0.160. The van der Waals surface area contributed by atoms with Gasteiger partial charge in [0.2, 0.25) is 0 Å². The highest BCUT2D eigenvalue weighted by atomic mass is 16.3. The van der Waals surface area contributed by atoms with E-state index in [1.165, 1.54) is 0 Å². The highest BCUT2D eigenvalue weighted by molar-refractivity contribution is 5.30. The van der Waals surface area contributed by atoms with Crippen molar-refractivity contribution in [1.29, 1.82) is 0 Å². The van der Waals surface area contributed by atoms with E-state index in [4.69, 9.17) is 0 Å². The molecule has 0 heterocycles. The van der Waals surface area contributed by atoms with Crippen LogP contribution in [0, 0.1) is 58.2 Å². The third-order valence-electron chi connectivity index (χ3n) is 12.0. The fourth-order valence-electron chi connectivity index (χ4n) is 10.6. The van der Waals surface area contributed by atoms with Gasteiger partial charge in [-0.15, -0.1) is 0 Å². The van der Waals surface area contributed by atoms with Gasteiger partial charge in [0, 0.05) is 13.0 Å². The van der Waals surface area contributed by atoms with Crippen molar-refractivity contribution in [3.8, 4) is 0 Å². The summed E-state index contributed by atoms with van der Waals surface area (Å²) in [5, 5.41) is 43.8. The second-order valence-electron chi connectivity index (χ2n) is 12.6. The van der Waals surface area contributed by atoms with Crippen molar-refractivity contribution in [3.05, 3.63) is 0 Å². The quantitative estimate of drug-likeness (QED) is 0.583. The summed E-state index contributed by atoms with van der Waals surface area (Å²) in [7, 11) is 0. The Morgan fingerprint density at radius 1 is 0.931 bits per heavy atom. The second-order valence-corrected chi connectivity index (χ2v) is 12.6. The third kappa shape index (κ3) is 2.02. The first-order chi connectivity index (χ1) is 13.6. The molecule has 6 rings (SSSR count). The standard InChI is InChI=1S/C25H40O4/c1-13-18-19-16(22(2)8-5-14(27)12-25(22,29)20(13)18)6-9-23(3)21(19)15-11-17(15)24(23,28)7-4-10-26/h13-21,26-29H,4-12H2,1-3H3/t13?,14-,15+,16?,17-,18?,19?,20?,21?,22+,23-,24-,25+/m0/s1. The molecule has 0 saturated heterocycles. The lowest BCUT2D eigenvalue weighted by Crippen LogP contribution is -2.65. The molecular weight excluding hydrogens is 364 g/mol. The Labute approximate surface area is 175 Å². The van der Waals surface area contributed by atoms with Crippen LogP contribution in [0.3, 0.4) is 0 Å². The third-order valence-corrected chi connectivity index (χ3v) is 12.0. The van der Waals surface area contributed by atoms with Crippen LogP contribution in [-0.4, -0.2) is 44.3 Å². The summed E-state index contributed by atoms with van der Waals surface area (Å²) in [6.07, 6.45) is 6.73. The lowest BCUT2D eigenvalue weighted by Gasteiger charge is -2.64. The van der Waals surface area contributed by atoms with Gasteiger partial charge in [-0.25, -0.2) is 0 Å². The first kappa shape index (κ1) is 19.5. The molecule has 4 nitrogen and oxygen atoms in total. The van der Waals surface area contributed by atoms with Gasteiger partial charge in [0.05, 0.1) is 17.3 Å². The summed E-state index contributed by atoms with van der Waals surface area (Å²) in [5.74, 6) is 4.21. The number of fused-ring (bicyclic) bond motifs is 10. The molecule has 0 aromatic carbocycles. The smallest absolute Gasteiger partial charge is 0.0761 e. The monoisotopic (exact) mass is 404 g/mol. The molecule has 0 aromatic heterocycles. The molecular formula is C25H40O4. The van der Waals surface area contributed by atoms with Crippen molar-refractivity contribution in [3.63, 3.8) is 0 Å². The van der Waals surface area contributed by atoms with Crippen molar-refractivity contribution in [2.75, 3.05) is 6.61 Å². The second kappa shape index (κ2) is 5.60. The van der Waals surface area contributed by atoms with Crippen molar-refractivity contribution in [2.45, 2.75) is 89.4 Å². The first-order valence-electron chi connectivity index (χ1n) is 12.4. The lowest BCUT2D eigenvalue weighted by atomic mass is 9.42. The zero-order valence-corrected chi connectivity index (χ0v) is 18.3. The van der Waals surface area contributed by atoms with Gasteiger partial charge in [0.1, 0.15) is 0 Å². The Morgan fingerprint density at radius 3 is 2.38 bits per heavy atom. The lowest BCUT2D eigenvalue weighted by molar-refractivity contribution is -0.237. The van der Waals surface area contributed by atoms with Crippen LogP contribution in [0.15, 0.2) is 0 Å². The summed E-state index contributed by atoms with van der Waals surface area (Å²) >= 11 is 0. The molecule has 6 fully saturated rings. The number of hydrogen-bond acceptors (Lipinski definition) is 4. The minimum absolute atomic E-state index is 0.0379. The molecule has 0 radical (unpaired) electrons.